The Labute approximate surface area is 141 Å². The number of hydrogen-bond donors (Lipinski definition) is 1. The van der Waals surface area contributed by atoms with Crippen LogP contribution in [0.3, 0.4) is 0 Å². The molecular weight excluding hydrogens is 300 g/mol. The zero-order valence-corrected chi connectivity index (χ0v) is 13.7. The first-order valence-electron chi connectivity index (χ1n) is 7.93. The van der Waals surface area contributed by atoms with Gasteiger partial charge in [-0.05, 0) is 43.2 Å². The predicted molar refractivity (Wildman–Crippen MR) is 86.6 cm³/mol. The molecular formula is C18H18N6. The van der Waals surface area contributed by atoms with Gasteiger partial charge in [-0.15, -0.1) is 0 Å². The van der Waals surface area contributed by atoms with E-state index < -0.39 is 11.3 Å². The molecule has 1 aromatic heterocycles. The average Bonchev–Trinajstić information content (AvgIpc) is 2.92. The summed E-state index contributed by atoms with van der Waals surface area (Å²) in [5, 5.41) is 33.8. The topological polar surface area (TPSA) is 115 Å². The Bertz CT molecular complexity index is 866. The second-order valence-electron chi connectivity index (χ2n) is 6.45. The summed E-state index contributed by atoms with van der Waals surface area (Å²) < 4.78 is 1.69. The van der Waals surface area contributed by atoms with Crippen molar-refractivity contribution in [3.63, 3.8) is 0 Å². The molecule has 24 heavy (non-hydrogen) atoms. The molecule has 3 rings (SSSR count). The van der Waals surface area contributed by atoms with Gasteiger partial charge in [0.05, 0.1) is 29.1 Å². The molecule has 0 aromatic carbocycles. The van der Waals surface area contributed by atoms with E-state index in [0.717, 1.165) is 36.1 Å². The lowest BCUT2D eigenvalue weighted by Crippen LogP contribution is -2.42. The molecule has 0 bridgehead atoms. The number of rotatable bonds is 1. The molecule has 2 atom stereocenters. The molecule has 0 saturated heterocycles. The van der Waals surface area contributed by atoms with Crippen LogP contribution in [0.15, 0.2) is 29.1 Å². The summed E-state index contributed by atoms with van der Waals surface area (Å²) in [6, 6.07) is 6.41. The van der Waals surface area contributed by atoms with Gasteiger partial charge < -0.3 is 5.73 Å². The highest BCUT2D eigenvalue weighted by atomic mass is 15.2. The highest BCUT2D eigenvalue weighted by molar-refractivity contribution is 5.59. The molecule has 1 heterocycles. The Balaban J connectivity index is 2.36. The minimum Gasteiger partial charge on any atom is -0.399 e. The molecule has 2 aliphatic rings. The van der Waals surface area contributed by atoms with Gasteiger partial charge in [0.2, 0.25) is 0 Å². The van der Waals surface area contributed by atoms with Crippen LogP contribution >= 0.6 is 0 Å². The van der Waals surface area contributed by atoms with E-state index in [0.29, 0.717) is 5.57 Å². The van der Waals surface area contributed by atoms with Crippen LogP contribution in [-0.2, 0) is 7.05 Å². The van der Waals surface area contributed by atoms with Crippen molar-refractivity contribution in [1.29, 1.82) is 15.8 Å². The van der Waals surface area contributed by atoms with Crippen molar-refractivity contribution in [3.05, 3.63) is 40.4 Å². The van der Waals surface area contributed by atoms with Crippen LogP contribution in [0.5, 0.6) is 0 Å². The van der Waals surface area contributed by atoms with E-state index in [1.807, 2.05) is 26.2 Å². The second kappa shape index (κ2) is 5.55. The number of fused-ring (bicyclic) bond motifs is 1. The fourth-order valence-corrected chi connectivity index (χ4v) is 4.14. The lowest BCUT2D eigenvalue weighted by atomic mass is 9.57. The molecule has 0 fully saturated rings. The van der Waals surface area contributed by atoms with E-state index in [1.54, 1.807) is 4.68 Å². The van der Waals surface area contributed by atoms with Gasteiger partial charge in [0.1, 0.15) is 6.07 Å². The Morgan fingerprint density at radius 3 is 2.58 bits per heavy atom. The number of nitriles is 3. The maximum Gasteiger partial charge on any atom is 0.191 e. The smallest absolute Gasteiger partial charge is 0.191 e. The van der Waals surface area contributed by atoms with Gasteiger partial charge in [0.15, 0.2) is 5.41 Å². The maximum absolute atomic E-state index is 9.90. The highest BCUT2D eigenvalue weighted by Gasteiger charge is 2.54. The van der Waals surface area contributed by atoms with Gasteiger partial charge in [-0.2, -0.15) is 20.9 Å². The minimum absolute atomic E-state index is 0.0668. The number of nitrogens with two attached hydrogens (primary N) is 1. The van der Waals surface area contributed by atoms with E-state index in [9.17, 15) is 15.8 Å². The van der Waals surface area contributed by atoms with Crippen LogP contribution < -0.4 is 5.73 Å². The first kappa shape index (κ1) is 15.8. The Kier molecular flexibility index (Phi) is 3.66. The van der Waals surface area contributed by atoms with Crippen molar-refractivity contribution in [3.8, 4) is 18.2 Å². The van der Waals surface area contributed by atoms with Crippen molar-refractivity contribution in [2.75, 3.05) is 0 Å². The third kappa shape index (κ3) is 1.95. The van der Waals surface area contributed by atoms with E-state index >= 15 is 0 Å². The first-order valence-corrected chi connectivity index (χ1v) is 7.93. The van der Waals surface area contributed by atoms with Crippen molar-refractivity contribution < 1.29 is 0 Å². The molecule has 0 spiro atoms. The summed E-state index contributed by atoms with van der Waals surface area (Å²) in [6.45, 7) is 1.88. The first-order chi connectivity index (χ1) is 11.5. The summed E-state index contributed by atoms with van der Waals surface area (Å²) >= 11 is 0. The van der Waals surface area contributed by atoms with Gasteiger partial charge >= 0.3 is 0 Å². The Morgan fingerprint density at radius 1 is 1.33 bits per heavy atom. The van der Waals surface area contributed by atoms with Crippen LogP contribution in [0.1, 0.15) is 36.4 Å². The summed E-state index contributed by atoms with van der Waals surface area (Å²) in [5.41, 5.74) is 7.60. The van der Waals surface area contributed by atoms with E-state index in [1.165, 1.54) is 0 Å². The van der Waals surface area contributed by atoms with Crippen molar-refractivity contribution >= 4 is 0 Å². The average molecular weight is 318 g/mol. The minimum atomic E-state index is -1.54. The van der Waals surface area contributed by atoms with Crippen molar-refractivity contribution in [1.82, 2.24) is 9.78 Å². The van der Waals surface area contributed by atoms with E-state index in [-0.39, 0.29) is 11.6 Å². The molecule has 1 aromatic rings. The van der Waals surface area contributed by atoms with E-state index in [4.69, 9.17) is 5.73 Å². The molecule has 0 saturated carbocycles. The molecule has 6 nitrogen and oxygen atoms in total. The molecule has 2 aliphatic carbocycles. The lowest BCUT2D eigenvalue weighted by Gasteiger charge is -2.43. The highest BCUT2D eigenvalue weighted by Crippen LogP contribution is 2.56. The van der Waals surface area contributed by atoms with Crippen molar-refractivity contribution in [2.45, 2.75) is 32.1 Å². The van der Waals surface area contributed by atoms with Gasteiger partial charge in [-0.25, -0.2) is 0 Å². The van der Waals surface area contributed by atoms with Crippen LogP contribution in [0, 0.1) is 52.2 Å². The van der Waals surface area contributed by atoms with Crippen LogP contribution in [0.2, 0.25) is 0 Å². The number of aryl methyl sites for hydroxylation is 2. The third-order valence-corrected chi connectivity index (χ3v) is 5.19. The van der Waals surface area contributed by atoms with Crippen LogP contribution in [0.25, 0.3) is 0 Å². The second-order valence-corrected chi connectivity index (χ2v) is 6.45. The van der Waals surface area contributed by atoms with Gasteiger partial charge in [0.25, 0.3) is 0 Å². The van der Waals surface area contributed by atoms with Gasteiger partial charge in [-0.3, -0.25) is 4.68 Å². The number of aromatic nitrogens is 2. The Morgan fingerprint density at radius 2 is 2.04 bits per heavy atom. The molecule has 0 radical (unpaired) electrons. The molecule has 120 valence electrons. The summed E-state index contributed by atoms with van der Waals surface area (Å²) in [6.07, 6.45) is 6.58. The van der Waals surface area contributed by atoms with E-state index in [2.05, 4.69) is 23.3 Å². The van der Waals surface area contributed by atoms with Crippen LogP contribution in [-0.4, -0.2) is 9.78 Å². The zero-order valence-electron chi connectivity index (χ0n) is 13.7. The lowest BCUT2D eigenvalue weighted by molar-refractivity contribution is 0.316. The largest absolute Gasteiger partial charge is 0.399 e. The molecule has 0 unspecified atom stereocenters. The van der Waals surface area contributed by atoms with Gasteiger partial charge in [-0.1, -0.05) is 6.08 Å². The Hall–Kier alpha value is -3.04. The standard InChI is InChI=1S/C18H18N6/c1-11-15(8-24(2)23-11)16-13-6-4-3-5-12(13)14(7-19)17(22)18(16,9-20)10-21/h5,8,13,16H,3-4,6,22H2,1-2H3/t13-,16-/m1/s1. The normalized spacial score (nSPS) is 25.0. The van der Waals surface area contributed by atoms with Crippen LogP contribution in [0.4, 0.5) is 0 Å². The summed E-state index contributed by atoms with van der Waals surface area (Å²) in [7, 11) is 1.82. The van der Waals surface area contributed by atoms with Crippen molar-refractivity contribution in [2.24, 2.45) is 24.1 Å². The quantitative estimate of drug-likeness (QED) is 0.853. The third-order valence-electron chi connectivity index (χ3n) is 5.19. The maximum atomic E-state index is 9.90. The number of nitrogens with zero attached hydrogens (tertiary/aromatic N) is 5. The fraction of sp³-hybridized carbons (Fsp3) is 0.444. The summed E-state index contributed by atoms with van der Waals surface area (Å²) in [5.74, 6) is -0.479. The zero-order chi connectivity index (χ0) is 17.5. The predicted octanol–water partition coefficient (Wildman–Crippen LogP) is 2.32. The monoisotopic (exact) mass is 318 g/mol. The molecule has 0 amide bonds. The molecule has 2 N–H and O–H groups in total. The van der Waals surface area contributed by atoms with Gasteiger partial charge in [0, 0.05) is 19.2 Å². The summed E-state index contributed by atoms with van der Waals surface area (Å²) in [4.78, 5) is 0. The number of allylic oxidation sites excluding steroid dienone is 4. The SMILES string of the molecule is Cc1nn(C)cc1[C@H]1[C@@H]2CCCC=C2C(C#N)=C(N)C1(C#N)C#N. The molecule has 0 aliphatic heterocycles. The fourth-order valence-electron chi connectivity index (χ4n) is 4.14. The number of hydrogen-bond acceptors (Lipinski definition) is 5. The molecule has 6 heteroatoms.